The van der Waals surface area contributed by atoms with Gasteiger partial charge in [0, 0.05) is 38.4 Å². The van der Waals surface area contributed by atoms with E-state index in [-0.39, 0.29) is 36.5 Å². The van der Waals surface area contributed by atoms with Crippen molar-refractivity contribution in [3.8, 4) is 0 Å². The summed E-state index contributed by atoms with van der Waals surface area (Å²) in [5.74, 6) is -1.61. The predicted octanol–water partition coefficient (Wildman–Crippen LogP) is 4.85. The van der Waals surface area contributed by atoms with Crippen LogP contribution in [0.2, 0.25) is 0 Å². The maximum absolute atomic E-state index is 12.5. The van der Waals surface area contributed by atoms with Crippen molar-refractivity contribution in [1.29, 1.82) is 0 Å². The number of carbonyl (C=O) groups excluding carboxylic acids is 2. The highest BCUT2D eigenvalue weighted by atomic mass is 31.2. The number of unbranched alkanes of at least 4 members (excludes halogenated alkanes) is 14. The van der Waals surface area contributed by atoms with Gasteiger partial charge in [-0.25, -0.2) is 4.57 Å². The van der Waals surface area contributed by atoms with Gasteiger partial charge in [-0.2, -0.15) is 0 Å². The molecule has 0 heterocycles. The Morgan fingerprint density at radius 3 is 1.71 bits per heavy atom. The number of likely N-dealkylation sites (N-methyl/N-ethyl adjacent to an activating group) is 1. The van der Waals surface area contributed by atoms with E-state index in [9.17, 15) is 29.0 Å². The molecule has 0 aliphatic heterocycles. The highest BCUT2D eigenvalue weighted by Crippen LogP contribution is 2.45. The van der Waals surface area contributed by atoms with Crippen molar-refractivity contribution in [3.05, 3.63) is 0 Å². The monoisotopic (exact) mass is 608 g/mol. The number of hydrogen-bond donors (Lipinski definition) is 3. The third kappa shape index (κ3) is 25.2. The molecule has 1 amide bonds. The summed E-state index contributed by atoms with van der Waals surface area (Å²) in [5, 5.41) is 14.4. The van der Waals surface area contributed by atoms with Gasteiger partial charge in [-0.3, -0.25) is 9.32 Å². The number of nitrogens with one attached hydrogen (secondary N) is 1. The van der Waals surface area contributed by atoms with Gasteiger partial charge in [-0.15, -0.1) is 0 Å². The van der Waals surface area contributed by atoms with Crippen molar-refractivity contribution in [2.75, 3.05) is 40.8 Å². The molecule has 3 N–H and O–H groups in total. The minimum Gasteiger partial charge on any atom is -0.550 e. The van der Waals surface area contributed by atoms with Gasteiger partial charge in [0.1, 0.15) is 12.1 Å². The second-order valence-corrected chi connectivity index (χ2v) is 13.7. The summed E-state index contributed by atoms with van der Waals surface area (Å²) < 4.78 is 22.8. The van der Waals surface area contributed by atoms with Gasteiger partial charge in [0.25, 0.3) is 0 Å². The number of hydrogen-bond acceptors (Lipinski definition) is 6. The maximum atomic E-state index is 12.5. The zero-order chi connectivity index (χ0) is 31.2. The smallest absolute Gasteiger partial charge is 0.470 e. The van der Waals surface area contributed by atoms with Gasteiger partial charge in [-0.05, 0) is 13.3 Å². The zero-order valence-corrected chi connectivity index (χ0v) is 27.6. The first kappa shape index (κ1) is 40.0. The Morgan fingerprint density at radius 2 is 1.32 bits per heavy atom. The van der Waals surface area contributed by atoms with E-state index in [1.807, 2.05) is 0 Å². The lowest BCUT2D eigenvalue weighted by atomic mass is 9.91. The first-order valence-corrected chi connectivity index (χ1v) is 17.4. The van der Waals surface area contributed by atoms with Crippen molar-refractivity contribution < 1.29 is 42.8 Å². The third-order valence-electron chi connectivity index (χ3n) is 7.08. The second-order valence-electron chi connectivity index (χ2n) is 12.5. The van der Waals surface area contributed by atoms with E-state index in [1.165, 1.54) is 77.0 Å². The highest BCUT2D eigenvalue weighted by Gasteiger charge is 2.44. The van der Waals surface area contributed by atoms with Gasteiger partial charge in [0.2, 0.25) is 5.91 Å². The molecule has 0 aliphatic carbocycles. The third-order valence-corrected chi connectivity index (χ3v) is 7.70. The molecule has 0 aromatic heterocycles. The van der Waals surface area contributed by atoms with Crippen LogP contribution in [-0.2, 0) is 23.4 Å². The topological polar surface area (TPSA) is 145 Å². The van der Waals surface area contributed by atoms with Gasteiger partial charge >= 0.3 is 7.82 Å². The molecule has 0 radical (unpaired) electrons. The number of quaternary nitrogens is 1. The fourth-order valence-electron chi connectivity index (χ4n) is 5.48. The van der Waals surface area contributed by atoms with Crippen LogP contribution in [0.4, 0.5) is 0 Å². The molecule has 0 fully saturated rings. The Morgan fingerprint density at radius 1 is 0.854 bits per heavy atom. The van der Waals surface area contributed by atoms with Crippen LogP contribution in [-0.4, -0.2) is 78.7 Å². The zero-order valence-electron chi connectivity index (χ0n) is 26.7. The van der Waals surface area contributed by atoms with Crippen molar-refractivity contribution >= 4 is 19.7 Å². The Balaban J connectivity index is 4.43. The average Bonchev–Trinajstić information content (AvgIpc) is 2.82. The second kappa shape index (κ2) is 22.5. The van der Waals surface area contributed by atoms with Crippen molar-refractivity contribution in [2.24, 2.45) is 0 Å². The molecule has 0 aliphatic rings. The first-order valence-electron chi connectivity index (χ1n) is 15.9. The van der Waals surface area contributed by atoms with E-state index in [2.05, 4.69) is 12.2 Å². The normalized spacial score (nSPS) is 14.5. The molecule has 0 aromatic rings. The van der Waals surface area contributed by atoms with Crippen LogP contribution in [0.5, 0.6) is 0 Å². The molecule has 0 spiro atoms. The first-order chi connectivity index (χ1) is 19.2. The number of carboxylic acids is 1. The van der Waals surface area contributed by atoms with E-state index in [4.69, 9.17) is 9.26 Å². The van der Waals surface area contributed by atoms with E-state index in [0.717, 1.165) is 19.3 Å². The van der Waals surface area contributed by atoms with E-state index < -0.39 is 31.9 Å². The van der Waals surface area contributed by atoms with Gasteiger partial charge < -0.3 is 34.2 Å². The lowest BCUT2D eigenvalue weighted by Gasteiger charge is -2.41. The number of phosphoric ester groups is 1. The van der Waals surface area contributed by atoms with E-state index >= 15 is 0 Å². The van der Waals surface area contributed by atoms with Crippen LogP contribution in [0, 0.1) is 0 Å². The summed E-state index contributed by atoms with van der Waals surface area (Å²) in [6, 6.07) is 0. The lowest BCUT2D eigenvalue weighted by molar-refractivity contribution is -0.876. The minimum atomic E-state index is -5.03. The minimum absolute atomic E-state index is 0.0112. The molecule has 11 heteroatoms. The summed E-state index contributed by atoms with van der Waals surface area (Å²) >= 11 is 0. The summed E-state index contributed by atoms with van der Waals surface area (Å²) in [6.45, 7) is 4.36. The Bertz CT molecular complexity index is 740. The Hall–Kier alpha value is -1.03. The van der Waals surface area contributed by atoms with Crippen LogP contribution in [0.3, 0.4) is 0 Å². The van der Waals surface area contributed by atoms with Crippen LogP contribution in [0.15, 0.2) is 0 Å². The molecular formula is C30H61N2O8P. The number of amides is 1. The average molecular weight is 609 g/mol. The van der Waals surface area contributed by atoms with Gasteiger partial charge in [0.05, 0.1) is 27.2 Å². The number of rotatable bonds is 28. The number of nitrogens with zero attached hydrogens (tertiary/aromatic N) is 1. The molecule has 0 bridgehead atoms. The lowest BCUT2D eigenvalue weighted by Crippen LogP contribution is -2.55. The molecule has 2 unspecified atom stereocenters. The number of phosphoric acid groups is 1. The van der Waals surface area contributed by atoms with Gasteiger partial charge in [0.15, 0.2) is 0 Å². The van der Waals surface area contributed by atoms with Crippen molar-refractivity contribution in [1.82, 2.24) is 5.32 Å². The standard InChI is InChI=1S/C30H61N2O8P/c1-6-8-9-10-11-12-13-14-15-16-17-18-19-20-21-22-28(33)31-25-27(39-7-2)23-30(24-29(34)35,26-32(3,4)5)40-41(36,37)38/h27H,6-26H2,1-5H3,(H3-,31,33,34,35,36,37,38). The predicted molar refractivity (Wildman–Crippen MR) is 161 cm³/mol. The SMILES string of the molecule is CCCCCCCCCCCCCCCCCC(=O)NCC(CC(CC(=O)[O-])(C[N+](C)(C)C)OP(=O)(O)O)OCC. The van der Waals surface area contributed by atoms with Crippen LogP contribution in [0.25, 0.3) is 0 Å². The molecule has 0 rings (SSSR count). The van der Waals surface area contributed by atoms with Crippen LogP contribution >= 0.6 is 7.82 Å². The molecule has 2 atom stereocenters. The number of carboxylic acid groups (broad SMARTS) is 1. The molecule has 41 heavy (non-hydrogen) atoms. The van der Waals surface area contributed by atoms with E-state index in [1.54, 1.807) is 28.1 Å². The number of aliphatic carboxylic acids is 1. The Labute approximate surface area is 249 Å². The van der Waals surface area contributed by atoms with Crippen molar-refractivity contribution in [2.45, 2.75) is 141 Å². The number of carbonyl (C=O) groups is 2. The number of ether oxygens (including phenoxy) is 1. The fraction of sp³-hybridized carbons (Fsp3) is 0.933. The molecule has 0 saturated carbocycles. The molecular weight excluding hydrogens is 547 g/mol. The highest BCUT2D eigenvalue weighted by molar-refractivity contribution is 7.46. The van der Waals surface area contributed by atoms with Gasteiger partial charge in [-0.1, -0.05) is 96.8 Å². The van der Waals surface area contributed by atoms with Crippen LogP contribution < -0.4 is 10.4 Å². The fourth-order valence-corrected chi connectivity index (χ4v) is 6.19. The molecule has 0 aromatic carbocycles. The summed E-state index contributed by atoms with van der Waals surface area (Å²) in [5.41, 5.74) is -1.74. The summed E-state index contributed by atoms with van der Waals surface area (Å²) in [7, 11) is 0.270. The van der Waals surface area contributed by atoms with Crippen molar-refractivity contribution in [3.63, 3.8) is 0 Å². The maximum Gasteiger partial charge on any atom is 0.470 e. The largest absolute Gasteiger partial charge is 0.550 e. The molecule has 244 valence electrons. The molecule has 0 saturated heterocycles. The molecule has 10 nitrogen and oxygen atoms in total. The van der Waals surface area contributed by atoms with Crippen LogP contribution in [0.1, 0.15) is 129 Å². The quantitative estimate of drug-likeness (QED) is 0.0649. The Kier molecular flexibility index (Phi) is 21.9. The summed E-state index contributed by atoms with van der Waals surface area (Å²) in [4.78, 5) is 43.1. The van der Waals surface area contributed by atoms with E-state index in [0.29, 0.717) is 6.42 Å². The summed E-state index contributed by atoms with van der Waals surface area (Å²) in [6.07, 6.45) is 17.7.